The molecule has 0 aromatic carbocycles. The minimum absolute atomic E-state index is 0.215. The Bertz CT molecular complexity index is 360. The molecular weight excluding hydrogens is 290 g/mol. The van der Waals surface area contributed by atoms with E-state index in [1.165, 1.54) is 30.4 Å². The lowest BCUT2D eigenvalue weighted by atomic mass is 9.90. The normalized spacial score (nSPS) is 31.2. The van der Waals surface area contributed by atoms with Gasteiger partial charge >= 0.3 is 7.83 Å². The molecule has 2 aliphatic rings. The molecule has 0 bridgehead atoms. The van der Waals surface area contributed by atoms with Crippen molar-refractivity contribution in [3.05, 3.63) is 0 Å². The third kappa shape index (κ3) is 4.51. The molecule has 0 amide bonds. The zero-order chi connectivity index (χ0) is 15.3. The van der Waals surface area contributed by atoms with E-state index in [0.29, 0.717) is 13.1 Å². The average Bonchev–Trinajstić information content (AvgIpc) is 2.49. The number of piperidine rings is 1. The Labute approximate surface area is 128 Å². The van der Waals surface area contributed by atoms with Crippen molar-refractivity contribution in [2.75, 3.05) is 26.2 Å². The molecule has 0 spiro atoms. The van der Waals surface area contributed by atoms with Gasteiger partial charge in [-0.3, -0.25) is 9.42 Å². The monoisotopic (exact) mass is 320 g/mol. The lowest BCUT2D eigenvalue weighted by Crippen LogP contribution is -2.48. The molecule has 1 unspecified atom stereocenters. The predicted molar refractivity (Wildman–Crippen MR) is 84.2 cm³/mol. The SMILES string of the molecule is CCN(CC)P(=O)(F)O[C@H]1CCCC[C@@H]1N1CCCCC1. The van der Waals surface area contributed by atoms with Crippen molar-refractivity contribution in [3.8, 4) is 0 Å². The molecule has 1 saturated heterocycles. The maximum Gasteiger partial charge on any atom is 0.445 e. The molecule has 1 saturated carbocycles. The van der Waals surface area contributed by atoms with Crippen LogP contribution in [0.3, 0.4) is 0 Å². The quantitative estimate of drug-likeness (QED) is 0.686. The van der Waals surface area contributed by atoms with Crippen LogP contribution in [0.25, 0.3) is 0 Å². The van der Waals surface area contributed by atoms with Gasteiger partial charge < -0.3 is 0 Å². The van der Waals surface area contributed by atoms with E-state index in [1.807, 2.05) is 13.8 Å². The summed E-state index contributed by atoms with van der Waals surface area (Å²) in [6, 6.07) is 0.249. The lowest BCUT2D eigenvalue weighted by molar-refractivity contribution is 0.0173. The van der Waals surface area contributed by atoms with Crippen LogP contribution in [0.4, 0.5) is 4.20 Å². The van der Waals surface area contributed by atoms with E-state index in [1.54, 1.807) is 0 Å². The Hall–Kier alpha value is 0.0400. The fraction of sp³-hybridized carbons (Fsp3) is 1.00. The first-order chi connectivity index (χ1) is 10.1. The summed E-state index contributed by atoms with van der Waals surface area (Å²) in [5.41, 5.74) is 0. The fourth-order valence-corrected chi connectivity index (χ4v) is 5.05. The predicted octanol–water partition coefficient (Wildman–Crippen LogP) is 4.22. The van der Waals surface area contributed by atoms with Gasteiger partial charge in [0, 0.05) is 19.1 Å². The third-order valence-electron chi connectivity index (χ3n) is 4.86. The molecule has 1 heterocycles. The van der Waals surface area contributed by atoms with Crippen LogP contribution in [0, 0.1) is 0 Å². The molecule has 6 heteroatoms. The Kier molecular flexibility index (Phi) is 6.67. The number of likely N-dealkylation sites (tertiary alicyclic amines) is 1. The maximum absolute atomic E-state index is 14.5. The smallest absolute Gasteiger partial charge is 0.298 e. The van der Waals surface area contributed by atoms with E-state index in [4.69, 9.17) is 4.52 Å². The van der Waals surface area contributed by atoms with Crippen LogP contribution in [0.5, 0.6) is 0 Å². The molecule has 0 radical (unpaired) electrons. The van der Waals surface area contributed by atoms with Crippen molar-refractivity contribution in [3.63, 3.8) is 0 Å². The Morgan fingerprint density at radius 1 is 1.10 bits per heavy atom. The van der Waals surface area contributed by atoms with Crippen LogP contribution in [0.1, 0.15) is 58.8 Å². The van der Waals surface area contributed by atoms with Gasteiger partial charge in [-0.05, 0) is 38.8 Å². The molecule has 0 aromatic heterocycles. The minimum Gasteiger partial charge on any atom is -0.298 e. The summed E-state index contributed by atoms with van der Waals surface area (Å²) in [4.78, 5) is 2.44. The lowest BCUT2D eigenvalue weighted by Gasteiger charge is -2.42. The zero-order valence-electron chi connectivity index (χ0n) is 13.5. The van der Waals surface area contributed by atoms with Crippen molar-refractivity contribution in [1.29, 1.82) is 0 Å². The van der Waals surface area contributed by atoms with Crippen LogP contribution in [0.15, 0.2) is 0 Å². The summed E-state index contributed by atoms with van der Waals surface area (Å²) in [5, 5.41) is 0. The van der Waals surface area contributed by atoms with E-state index in [0.717, 1.165) is 32.4 Å². The van der Waals surface area contributed by atoms with Gasteiger partial charge in [0.1, 0.15) is 0 Å². The molecule has 1 aliphatic heterocycles. The second-order valence-electron chi connectivity index (χ2n) is 6.18. The van der Waals surface area contributed by atoms with Gasteiger partial charge in [0.25, 0.3) is 0 Å². The van der Waals surface area contributed by atoms with Crippen LogP contribution in [0.2, 0.25) is 0 Å². The molecule has 2 fully saturated rings. The number of rotatable bonds is 6. The molecule has 0 N–H and O–H groups in total. The van der Waals surface area contributed by atoms with Gasteiger partial charge in [-0.1, -0.05) is 33.1 Å². The Balaban J connectivity index is 2.02. The summed E-state index contributed by atoms with van der Waals surface area (Å²) < 4.78 is 33.7. The van der Waals surface area contributed by atoms with Crippen molar-refractivity contribution < 1.29 is 13.3 Å². The first-order valence-corrected chi connectivity index (χ1v) is 10.0. The molecular formula is C15H30FN2O2P. The van der Waals surface area contributed by atoms with Gasteiger partial charge in [-0.2, -0.15) is 0 Å². The number of nitrogens with zero attached hydrogens (tertiary/aromatic N) is 2. The van der Waals surface area contributed by atoms with Crippen molar-refractivity contribution in [2.24, 2.45) is 0 Å². The minimum atomic E-state index is -4.15. The highest BCUT2D eigenvalue weighted by Gasteiger charge is 2.39. The number of halogens is 1. The summed E-state index contributed by atoms with van der Waals surface area (Å²) in [7, 11) is -4.15. The number of hydrogen-bond acceptors (Lipinski definition) is 3. The Morgan fingerprint density at radius 2 is 1.71 bits per heavy atom. The molecule has 4 nitrogen and oxygen atoms in total. The first-order valence-electron chi connectivity index (χ1n) is 8.56. The van der Waals surface area contributed by atoms with Gasteiger partial charge in [0.15, 0.2) is 0 Å². The van der Waals surface area contributed by atoms with E-state index in [-0.39, 0.29) is 12.1 Å². The van der Waals surface area contributed by atoms with Crippen molar-refractivity contribution in [1.82, 2.24) is 9.57 Å². The van der Waals surface area contributed by atoms with E-state index in [2.05, 4.69) is 4.90 Å². The average molecular weight is 320 g/mol. The highest BCUT2D eigenvalue weighted by molar-refractivity contribution is 7.50. The topological polar surface area (TPSA) is 32.8 Å². The summed E-state index contributed by atoms with van der Waals surface area (Å²) in [5.74, 6) is 0. The van der Waals surface area contributed by atoms with E-state index in [9.17, 15) is 8.76 Å². The summed E-state index contributed by atoms with van der Waals surface area (Å²) in [6.07, 6.45) is 7.60. The molecule has 1 aliphatic carbocycles. The summed E-state index contributed by atoms with van der Waals surface area (Å²) in [6.45, 7) is 6.64. The van der Waals surface area contributed by atoms with Gasteiger partial charge in [0.2, 0.25) is 0 Å². The van der Waals surface area contributed by atoms with Crippen molar-refractivity contribution in [2.45, 2.75) is 70.9 Å². The second kappa shape index (κ2) is 8.05. The zero-order valence-corrected chi connectivity index (χ0v) is 14.4. The number of hydrogen-bond donors (Lipinski definition) is 0. The molecule has 3 atom stereocenters. The molecule has 0 aromatic rings. The largest absolute Gasteiger partial charge is 0.445 e. The van der Waals surface area contributed by atoms with Gasteiger partial charge in [-0.15, -0.1) is 4.20 Å². The van der Waals surface area contributed by atoms with Gasteiger partial charge in [0.05, 0.1) is 6.10 Å². The Morgan fingerprint density at radius 3 is 2.33 bits per heavy atom. The summed E-state index contributed by atoms with van der Waals surface area (Å²) >= 11 is 0. The van der Waals surface area contributed by atoms with E-state index >= 15 is 0 Å². The van der Waals surface area contributed by atoms with E-state index < -0.39 is 7.83 Å². The molecule has 2 rings (SSSR count). The standard InChI is InChI=1S/C15H30FN2O2P/c1-3-18(4-2)21(16,19)20-15-11-7-6-10-14(15)17-12-8-5-9-13-17/h14-15H,3-13H2,1-2H3/t14-,15-,21?/m0/s1. The first kappa shape index (κ1) is 17.4. The highest BCUT2D eigenvalue weighted by atomic mass is 31.2. The fourth-order valence-electron chi connectivity index (χ4n) is 3.66. The van der Waals surface area contributed by atoms with Crippen LogP contribution < -0.4 is 0 Å². The van der Waals surface area contributed by atoms with Crippen molar-refractivity contribution >= 4 is 7.83 Å². The van der Waals surface area contributed by atoms with Crippen LogP contribution in [-0.2, 0) is 9.09 Å². The molecule has 124 valence electrons. The van der Waals surface area contributed by atoms with Crippen LogP contribution >= 0.6 is 7.83 Å². The third-order valence-corrected chi connectivity index (χ3v) is 6.63. The second-order valence-corrected chi connectivity index (χ2v) is 7.86. The highest BCUT2D eigenvalue weighted by Crippen LogP contribution is 2.54. The maximum atomic E-state index is 14.5. The molecule has 21 heavy (non-hydrogen) atoms. The van der Waals surface area contributed by atoms with Gasteiger partial charge in [-0.25, -0.2) is 9.24 Å². The van der Waals surface area contributed by atoms with Crippen LogP contribution in [-0.4, -0.2) is 47.9 Å².